The summed E-state index contributed by atoms with van der Waals surface area (Å²) in [7, 11) is 1.34. The Morgan fingerprint density at radius 3 is 2.81 bits per heavy atom. The minimum atomic E-state index is -0.414. The van der Waals surface area contributed by atoms with Gasteiger partial charge in [-0.1, -0.05) is 6.07 Å². The van der Waals surface area contributed by atoms with Gasteiger partial charge in [-0.15, -0.1) is 0 Å². The Morgan fingerprint density at radius 1 is 1.24 bits per heavy atom. The summed E-state index contributed by atoms with van der Waals surface area (Å²) >= 11 is 0. The number of furan rings is 1. The first-order valence-electron chi connectivity index (χ1n) is 6.08. The molecule has 2 N–H and O–H groups in total. The fourth-order valence-electron chi connectivity index (χ4n) is 1.56. The topological polar surface area (TPSA) is 89.8 Å². The molecule has 7 heteroatoms. The molecule has 0 radical (unpaired) electrons. The number of carbonyl (C=O) groups excluding carboxylic acids is 2. The number of ether oxygens (including phenoxy) is 1. The van der Waals surface area contributed by atoms with Crippen molar-refractivity contribution >= 4 is 17.5 Å². The molecule has 1 aromatic heterocycles. The van der Waals surface area contributed by atoms with Gasteiger partial charge in [-0.25, -0.2) is 5.48 Å². The van der Waals surface area contributed by atoms with Crippen LogP contribution in [-0.4, -0.2) is 25.5 Å². The number of amides is 2. The Balaban J connectivity index is 1.94. The largest absolute Gasteiger partial charge is 0.484 e. The first kappa shape index (κ1) is 14.6. The van der Waals surface area contributed by atoms with Crippen LogP contribution in [0.25, 0.3) is 0 Å². The average Bonchev–Trinajstić information content (AvgIpc) is 3.00. The number of anilines is 1. The van der Waals surface area contributed by atoms with Gasteiger partial charge < -0.3 is 14.5 Å². The highest BCUT2D eigenvalue weighted by Gasteiger charge is 2.09. The summed E-state index contributed by atoms with van der Waals surface area (Å²) in [6.45, 7) is -0.191. The lowest BCUT2D eigenvalue weighted by Gasteiger charge is -2.08. The maximum Gasteiger partial charge on any atom is 0.291 e. The van der Waals surface area contributed by atoms with Crippen molar-refractivity contribution in [3.63, 3.8) is 0 Å². The molecule has 0 unspecified atom stereocenters. The van der Waals surface area contributed by atoms with E-state index in [9.17, 15) is 9.59 Å². The Kier molecular flexibility index (Phi) is 4.94. The summed E-state index contributed by atoms with van der Waals surface area (Å²) in [4.78, 5) is 27.5. The van der Waals surface area contributed by atoms with Crippen molar-refractivity contribution in [3.8, 4) is 5.75 Å². The van der Waals surface area contributed by atoms with Crippen LogP contribution in [0.1, 0.15) is 10.6 Å². The smallest absolute Gasteiger partial charge is 0.291 e. The standard InChI is InChI=1S/C14H14N2O5/c1-19-16-13(17)9-21-11-5-2-4-10(8-11)15-14(18)12-6-3-7-20-12/h2-8H,9H2,1H3,(H,15,18)(H,16,17). The Labute approximate surface area is 120 Å². The number of nitrogens with one attached hydrogen (secondary N) is 2. The molecule has 0 aliphatic carbocycles. The van der Waals surface area contributed by atoms with Crippen LogP contribution in [0.3, 0.4) is 0 Å². The summed E-state index contributed by atoms with van der Waals surface area (Å²) in [6.07, 6.45) is 1.42. The zero-order valence-electron chi connectivity index (χ0n) is 11.3. The van der Waals surface area contributed by atoms with Crippen LogP contribution in [0, 0.1) is 0 Å². The van der Waals surface area contributed by atoms with Gasteiger partial charge >= 0.3 is 0 Å². The second-order valence-electron chi connectivity index (χ2n) is 3.98. The minimum absolute atomic E-state index is 0.191. The first-order valence-corrected chi connectivity index (χ1v) is 6.08. The van der Waals surface area contributed by atoms with Gasteiger partial charge in [0.1, 0.15) is 5.75 Å². The molecule has 1 aromatic carbocycles. The van der Waals surface area contributed by atoms with E-state index in [0.29, 0.717) is 11.4 Å². The van der Waals surface area contributed by atoms with Gasteiger partial charge in [-0.05, 0) is 24.3 Å². The van der Waals surface area contributed by atoms with Crippen LogP contribution >= 0.6 is 0 Å². The zero-order valence-corrected chi connectivity index (χ0v) is 11.3. The number of hydroxylamine groups is 1. The van der Waals surface area contributed by atoms with E-state index in [-0.39, 0.29) is 18.3 Å². The molecular formula is C14H14N2O5. The molecule has 0 spiro atoms. The highest BCUT2D eigenvalue weighted by atomic mass is 16.6. The molecule has 0 atom stereocenters. The monoisotopic (exact) mass is 290 g/mol. The van der Waals surface area contributed by atoms with Gasteiger partial charge in [-0.2, -0.15) is 0 Å². The first-order chi connectivity index (χ1) is 10.2. The molecule has 21 heavy (non-hydrogen) atoms. The van der Waals surface area contributed by atoms with Gasteiger partial charge in [0, 0.05) is 11.8 Å². The molecule has 0 saturated heterocycles. The van der Waals surface area contributed by atoms with E-state index in [0.717, 1.165) is 0 Å². The number of hydrogen-bond acceptors (Lipinski definition) is 5. The highest BCUT2D eigenvalue weighted by molar-refractivity contribution is 6.02. The fraction of sp³-hybridized carbons (Fsp3) is 0.143. The molecule has 0 saturated carbocycles. The summed E-state index contributed by atoms with van der Waals surface area (Å²) in [5, 5.41) is 2.66. The molecular weight excluding hydrogens is 276 g/mol. The van der Waals surface area contributed by atoms with Crippen LogP contribution in [0.4, 0.5) is 5.69 Å². The molecule has 2 amide bonds. The van der Waals surface area contributed by atoms with Crippen LogP contribution < -0.4 is 15.5 Å². The van der Waals surface area contributed by atoms with E-state index in [2.05, 4.69) is 15.6 Å². The SMILES string of the molecule is CONC(=O)COc1cccc(NC(=O)c2ccco2)c1. The van der Waals surface area contributed by atoms with E-state index in [1.54, 1.807) is 36.4 Å². The zero-order chi connectivity index (χ0) is 15.1. The predicted molar refractivity (Wildman–Crippen MR) is 73.7 cm³/mol. The third kappa shape index (κ3) is 4.36. The van der Waals surface area contributed by atoms with E-state index < -0.39 is 5.91 Å². The molecule has 2 aromatic rings. The normalized spacial score (nSPS) is 9.95. The molecule has 1 heterocycles. The number of benzene rings is 1. The van der Waals surface area contributed by atoms with Crippen molar-refractivity contribution in [2.75, 3.05) is 19.0 Å². The van der Waals surface area contributed by atoms with E-state index in [1.807, 2.05) is 0 Å². The van der Waals surface area contributed by atoms with Crippen molar-refractivity contribution in [1.29, 1.82) is 0 Å². The molecule has 7 nitrogen and oxygen atoms in total. The van der Waals surface area contributed by atoms with Gasteiger partial charge in [-0.3, -0.25) is 14.4 Å². The highest BCUT2D eigenvalue weighted by Crippen LogP contribution is 2.18. The van der Waals surface area contributed by atoms with Crippen molar-refractivity contribution < 1.29 is 23.6 Å². The number of carbonyl (C=O) groups is 2. The lowest BCUT2D eigenvalue weighted by atomic mass is 10.3. The van der Waals surface area contributed by atoms with Crippen molar-refractivity contribution in [2.45, 2.75) is 0 Å². The van der Waals surface area contributed by atoms with E-state index in [4.69, 9.17) is 9.15 Å². The summed E-state index contributed by atoms with van der Waals surface area (Å²) in [5.74, 6) is -0.129. The summed E-state index contributed by atoms with van der Waals surface area (Å²) in [6, 6.07) is 9.85. The summed E-state index contributed by atoms with van der Waals surface area (Å²) < 4.78 is 10.3. The van der Waals surface area contributed by atoms with Gasteiger partial charge in [0.25, 0.3) is 11.8 Å². The van der Waals surface area contributed by atoms with Crippen LogP contribution in [0.15, 0.2) is 47.1 Å². The van der Waals surface area contributed by atoms with Crippen LogP contribution in [0.5, 0.6) is 5.75 Å². The molecule has 0 fully saturated rings. The van der Waals surface area contributed by atoms with Crippen molar-refractivity contribution in [1.82, 2.24) is 5.48 Å². The van der Waals surface area contributed by atoms with Crippen LogP contribution in [0.2, 0.25) is 0 Å². The van der Waals surface area contributed by atoms with Gasteiger partial charge in [0.2, 0.25) is 0 Å². The summed E-state index contributed by atoms with van der Waals surface area (Å²) in [5.41, 5.74) is 2.66. The fourth-order valence-corrected chi connectivity index (χ4v) is 1.56. The average molecular weight is 290 g/mol. The Bertz CT molecular complexity index is 610. The third-order valence-corrected chi connectivity index (χ3v) is 2.42. The van der Waals surface area contributed by atoms with Gasteiger partial charge in [0.15, 0.2) is 12.4 Å². The quantitative estimate of drug-likeness (QED) is 0.788. The molecule has 110 valence electrons. The van der Waals surface area contributed by atoms with Crippen LogP contribution in [-0.2, 0) is 9.63 Å². The third-order valence-electron chi connectivity index (χ3n) is 2.42. The Hall–Kier alpha value is -2.80. The maximum atomic E-state index is 11.8. The minimum Gasteiger partial charge on any atom is -0.484 e. The molecule has 2 rings (SSSR count). The second-order valence-corrected chi connectivity index (χ2v) is 3.98. The van der Waals surface area contributed by atoms with Crippen molar-refractivity contribution in [3.05, 3.63) is 48.4 Å². The molecule has 0 aliphatic rings. The lowest BCUT2D eigenvalue weighted by molar-refractivity contribution is -0.133. The predicted octanol–water partition coefficient (Wildman–Crippen LogP) is 1.59. The van der Waals surface area contributed by atoms with Crippen molar-refractivity contribution in [2.24, 2.45) is 0 Å². The lowest BCUT2D eigenvalue weighted by Crippen LogP contribution is -2.27. The van der Waals surface area contributed by atoms with E-state index >= 15 is 0 Å². The van der Waals surface area contributed by atoms with E-state index in [1.165, 1.54) is 13.4 Å². The Morgan fingerprint density at radius 2 is 2.10 bits per heavy atom. The number of rotatable bonds is 6. The molecule has 0 bridgehead atoms. The number of hydrogen-bond donors (Lipinski definition) is 2. The molecule has 0 aliphatic heterocycles. The second kappa shape index (κ2) is 7.11. The van der Waals surface area contributed by atoms with Gasteiger partial charge in [0.05, 0.1) is 13.4 Å². The maximum absolute atomic E-state index is 11.8.